The molecule has 5 N–H and O–H groups in total. The second-order valence-corrected chi connectivity index (χ2v) is 8.71. The summed E-state index contributed by atoms with van der Waals surface area (Å²) in [5, 5.41) is 51.0. The average molecular weight is 462 g/mol. The van der Waals surface area contributed by atoms with Gasteiger partial charge in [0, 0.05) is 5.57 Å². The molecule has 2 fully saturated rings. The lowest BCUT2D eigenvalue weighted by molar-refractivity contribution is -0.321. The van der Waals surface area contributed by atoms with E-state index in [2.05, 4.69) is 0 Å². The van der Waals surface area contributed by atoms with Crippen molar-refractivity contribution in [3.8, 4) is 0 Å². The van der Waals surface area contributed by atoms with Crippen LogP contribution in [-0.4, -0.2) is 107 Å². The Morgan fingerprint density at radius 2 is 1.59 bits per heavy atom. The smallest absolute Gasteiger partial charge is 0.333 e. The minimum atomic E-state index is -1.53. The molecule has 0 aromatic carbocycles. The first kappa shape index (κ1) is 25.5. The monoisotopic (exact) mass is 462 g/mol. The van der Waals surface area contributed by atoms with Gasteiger partial charge in [-0.1, -0.05) is 13.0 Å². The lowest BCUT2D eigenvalue weighted by Gasteiger charge is -2.42. The molecule has 2 saturated heterocycles. The molecule has 10 atom stereocenters. The fraction of sp³-hybridized carbons (Fsp3) is 0.857. The number of carbonyl (C=O) groups excluding carboxylic acids is 1. The van der Waals surface area contributed by atoms with E-state index in [9.17, 15) is 30.3 Å². The molecule has 3 aliphatic rings. The second kappa shape index (κ2) is 11.3. The van der Waals surface area contributed by atoms with E-state index in [1.165, 1.54) is 0 Å². The molecule has 3 aliphatic heterocycles. The summed E-state index contributed by atoms with van der Waals surface area (Å²) in [5.74, 6) is -0.428. The number of hydrogen-bond donors (Lipinski definition) is 5. The summed E-state index contributed by atoms with van der Waals surface area (Å²) in [6.45, 7) is 3.31. The van der Waals surface area contributed by atoms with Crippen LogP contribution in [0.3, 0.4) is 0 Å². The first-order chi connectivity index (χ1) is 15.2. The van der Waals surface area contributed by atoms with Crippen molar-refractivity contribution in [3.05, 3.63) is 11.6 Å². The molecule has 0 amide bonds. The largest absolute Gasteiger partial charge is 0.451 e. The quantitative estimate of drug-likeness (QED) is 0.268. The van der Waals surface area contributed by atoms with Gasteiger partial charge in [-0.15, -0.1) is 0 Å². The molecular weight excluding hydrogens is 428 g/mol. The van der Waals surface area contributed by atoms with Crippen molar-refractivity contribution >= 4 is 5.97 Å². The molecular formula is C21H34O11. The van der Waals surface area contributed by atoms with Crippen molar-refractivity contribution in [2.24, 2.45) is 5.92 Å². The Morgan fingerprint density at radius 3 is 2.34 bits per heavy atom. The van der Waals surface area contributed by atoms with Gasteiger partial charge in [-0.25, -0.2) is 4.79 Å². The van der Waals surface area contributed by atoms with Gasteiger partial charge in [-0.05, 0) is 32.1 Å². The number of carbonyl (C=O) groups is 1. The van der Waals surface area contributed by atoms with Crippen LogP contribution in [-0.2, 0) is 28.5 Å². The average Bonchev–Trinajstić information content (AvgIpc) is 2.76. The highest BCUT2D eigenvalue weighted by atomic mass is 16.7. The van der Waals surface area contributed by atoms with Crippen molar-refractivity contribution in [3.63, 3.8) is 0 Å². The highest BCUT2D eigenvalue weighted by Gasteiger charge is 2.47. The Balaban J connectivity index is 1.80. The molecule has 0 aromatic heterocycles. The topological polar surface area (TPSA) is 164 Å². The molecule has 0 spiro atoms. The van der Waals surface area contributed by atoms with Crippen LogP contribution in [0.1, 0.15) is 33.1 Å². The van der Waals surface area contributed by atoms with Gasteiger partial charge in [0.25, 0.3) is 0 Å². The minimum Gasteiger partial charge on any atom is -0.451 e. The molecule has 0 saturated carbocycles. The molecule has 2 bridgehead atoms. The maximum atomic E-state index is 12.5. The molecule has 11 nitrogen and oxygen atoms in total. The maximum Gasteiger partial charge on any atom is 0.333 e. The third-order valence-corrected chi connectivity index (χ3v) is 6.09. The Bertz CT molecular complexity index is 656. The van der Waals surface area contributed by atoms with Crippen LogP contribution in [0.25, 0.3) is 0 Å². The standard InChI is InChI=1S/C21H34O11/c1-10-4-3-5-11(2)19(27)32-18-14(23)12(22)8-29-21(18)30-9-13-15(24)16(25)17(26)20(31-13)28-7-6-10/h5,10,12-18,20-26H,3-4,6-9H2,1-2H3/t10?,12-,13+,14-,15+,16-,17+,18?,20+,21+/m0/s1. The van der Waals surface area contributed by atoms with E-state index in [0.717, 1.165) is 6.42 Å². The summed E-state index contributed by atoms with van der Waals surface area (Å²) in [6, 6.07) is 0. The molecule has 3 heterocycles. The predicted octanol–water partition coefficient (Wildman–Crippen LogP) is -1.42. The Labute approximate surface area is 186 Å². The first-order valence-corrected chi connectivity index (χ1v) is 11.0. The molecule has 11 heteroatoms. The highest BCUT2D eigenvalue weighted by molar-refractivity contribution is 5.87. The Kier molecular flexibility index (Phi) is 9.01. The lowest BCUT2D eigenvalue weighted by Crippen LogP contribution is -2.60. The Morgan fingerprint density at radius 1 is 0.875 bits per heavy atom. The third kappa shape index (κ3) is 6.04. The summed E-state index contributed by atoms with van der Waals surface area (Å²) in [6.07, 6.45) is -8.22. The number of rotatable bonds is 0. The summed E-state index contributed by atoms with van der Waals surface area (Å²) in [4.78, 5) is 12.5. The molecule has 32 heavy (non-hydrogen) atoms. The summed E-state index contributed by atoms with van der Waals surface area (Å²) in [5.41, 5.74) is 0.352. The number of aliphatic hydroxyl groups is 5. The highest BCUT2D eigenvalue weighted by Crippen LogP contribution is 2.26. The van der Waals surface area contributed by atoms with Gasteiger partial charge in [0.2, 0.25) is 0 Å². The predicted molar refractivity (Wildman–Crippen MR) is 107 cm³/mol. The van der Waals surface area contributed by atoms with Gasteiger partial charge >= 0.3 is 5.97 Å². The normalized spacial score (nSPS) is 45.2. The van der Waals surface area contributed by atoms with Crippen molar-refractivity contribution < 1.29 is 54.0 Å². The van der Waals surface area contributed by atoms with E-state index in [1.807, 2.05) is 6.92 Å². The zero-order valence-electron chi connectivity index (χ0n) is 18.3. The summed E-state index contributed by atoms with van der Waals surface area (Å²) < 4.78 is 27.6. The van der Waals surface area contributed by atoms with E-state index in [1.54, 1.807) is 13.0 Å². The lowest BCUT2D eigenvalue weighted by atomic mass is 9.99. The van der Waals surface area contributed by atoms with Gasteiger partial charge < -0.3 is 49.2 Å². The molecule has 0 aromatic rings. The van der Waals surface area contributed by atoms with Crippen molar-refractivity contribution in [1.29, 1.82) is 0 Å². The minimum absolute atomic E-state index is 0.245. The number of allylic oxidation sites excluding steroid dienone is 1. The van der Waals surface area contributed by atoms with Gasteiger partial charge in [-0.2, -0.15) is 0 Å². The Hall–Kier alpha value is -1.15. The van der Waals surface area contributed by atoms with Crippen LogP contribution < -0.4 is 0 Å². The number of esters is 1. The summed E-state index contributed by atoms with van der Waals surface area (Å²) in [7, 11) is 0. The zero-order valence-corrected chi connectivity index (χ0v) is 18.3. The number of fused-ring (bicyclic) bond motifs is 3. The van der Waals surface area contributed by atoms with E-state index in [0.29, 0.717) is 18.4 Å². The van der Waals surface area contributed by atoms with Crippen LogP contribution in [0.5, 0.6) is 0 Å². The van der Waals surface area contributed by atoms with Gasteiger partial charge in [0.1, 0.15) is 36.6 Å². The van der Waals surface area contributed by atoms with Crippen LogP contribution in [0.2, 0.25) is 0 Å². The third-order valence-electron chi connectivity index (χ3n) is 6.09. The molecule has 0 radical (unpaired) electrons. The molecule has 2 unspecified atom stereocenters. The van der Waals surface area contributed by atoms with E-state index < -0.39 is 61.3 Å². The van der Waals surface area contributed by atoms with Crippen LogP contribution >= 0.6 is 0 Å². The van der Waals surface area contributed by atoms with E-state index in [-0.39, 0.29) is 25.7 Å². The number of ether oxygens (including phenoxy) is 5. The molecule has 3 rings (SSSR count). The fourth-order valence-corrected chi connectivity index (χ4v) is 3.83. The fourth-order valence-electron chi connectivity index (χ4n) is 3.83. The van der Waals surface area contributed by atoms with Gasteiger partial charge in [-0.3, -0.25) is 0 Å². The maximum absolute atomic E-state index is 12.5. The molecule has 0 aliphatic carbocycles. The van der Waals surface area contributed by atoms with Crippen molar-refractivity contribution in [2.75, 3.05) is 19.8 Å². The first-order valence-electron chi connectivity index (χ1n) is 11.0. The second-order valence-electron chi connectivity index (χ2n) is 8.71. The van der Waals surface area contributed by atoms with Crippen LogP contribution in [0.15, 0.2) is 11.6 Å². The molecule has 184 valence electrons. The zero-order chi connectivity index (χ0) is 23.4. The van der Waals surface area contributed by atoms with Crippen molar-refractivity contribution in [2.45, 2.75) is 88.4 Å². The van der Waals surface area contributed by atoms with Crippen LogP contribution in [0.4, 0.5) is 0 Å². The number of hydrogen-bond acceptors (Lipinski definition) is 11. The van der Waals surface area contributed by atoms with E-state index >= 15 is 0 Å². The number of aliphatic hydroxyl groups excluding tert-OH is 5. The van der Waals surface area contributed by atoms with Gasteiger partial charge in [0.15, 0.2) is 18.7 Å². The van der Waals surface area contributed by atoms with Gasteiger partial charge in [0.05, 0.1) is 19.8 Å². The summed E-state index contributed by atoms with van der Waals surface area (Å²) >= 11 is 0. The van der Waals surface area contributed by atoms with Crippen LogP contribution in [0, 0.1) is 5.92 Å². The SMILES string of the molecule is CC1=CCCC(C)CCO[C@@H]2O[C@H](CO[C@H]3OC[C@H](O)[C@H](O)C3OC1=O)[C@@H](O)[C@H](O)[C@H]2O. The van der Waals surface area contributed by atoms with E-state index in [4.69, 9.17) is 23.7 Å². The van der Waals surface area contributed by atoms with Crippen molar-refractivity contribution in [1.82, 2.24) is 0 Å².